The fraction of sp³-hybridized carbons (Fsp3) is 0.167. The summed E-state index contributed by atoms with van der Waals surface area (Å²) < 4.78 is 0. The first-order chi connectivity index (χ1) is 9.16. The highest BCUT2D eigenvalue weighted by Gasteiger charge is 2.12. The molecule has 0 aliphatic carbocycles. The number of nitrogens with zero attached hydrogens (tertiary/aromatic N) is 3. The van der Waals surface area contributed by atoms with Gasteiger partial charge in [-0.1, -0.05) is 17.7 Å². The number of aromatic nitrogens is 2. The van der Waals surface area contributed by atoms with Gasteiger partial charge in [0.2, 0.25) is 0 Å². The van der Waals surface area contributed by atoms with E-state index in [9.17, 15) is 10.1 Å². The minimum atomic E-state index is -0.490. The topological polar surface area (TPSA) is 81.0 Å². The fourth-order valence-corrected chi connectivity index (χ4v) is 1.75. The molecule has 6 nitrogen and oxygen atoms in total. The second-order valence-corrected chi connectivity index (χ2v) is 4.25. The molecule has 19 heavy (non-hydrogen) atoms. The van der Waals surface area contributed by atoms with Crippen LogP contribution in [-0.2, 0) is 13.1 Å². The molecule has 0 amide bonds. The smallest absolute Gasteiger partial charge is 0.288 e. The van der Waals surface area contributed by atoms with E-state index in [1.54, 1.807) is 18.3 Å². The van der Waals surface area contributed by atoms with Crippen LogP contribution < -0.4 is 5.32 Å². The lowest BCUT2D eigenvalue weighted by Gasteiger charge is -2.05. The van der Waals surface area contributed by atoms with Crippen molar-refractivity contribution in [1.29, 1.82) is 0 Å². The molecular weight excluding hydrogens is 268 g/mol. The molecule has 1 aromatic carbocycles. The maximum Gasteiger partial charge on any atom is 0.288 e. The second kappa shape index (κ2) is 6.21. The van der Waals surface area contributed by atoms with Crippen LogP contribution in [0.25, 0.3) is 0 Å². The molecule has 0 spiro atoms. The van der Waals surface area contributed by atoms with Gasteiger partial charge in [0.25, 0.3) is 5.69 Å². The second-order valence-electron chi connectivity index (χ2n) is 3.85. The van der Waals surface area contributed by atoms with Gasteiger partial charge in [-0.25, -0.2) is 9.97 Å². The Morgan fingerprint density at radius 1 is 1.32 bits per heavy atom. The van der Waals surface area contributed by atoms with Crippen molar-refractivity contribution >= 4 is 17.3 Å². The molecule has 2 rings (SSSR count). The van der Waals surface area contributed by atoms with E-state index in [1.807, 2.05) is 0 Å². The van der Waals surface area contributed by atoms with Gasteiger partial charge in [-0.05, 0) is 17.7 Å². The van der Waals surface area contributed by atoms with Gasteiger partial charge in [-0.15, -0.1) is 0 Å². The number of nitrogens with one attached hydrogen (secondary N) is 1. The van der Waals surface area contributed by atoms with E-state index in [4.69, 9.17) is 11.6 Å². The van der Waals surface area contributed by atoms with Crippen molar-refractivity contribution in [2.75, 3.05) is 0 Å². The molecule has 1 aromatic heterocycles. The third kappa shape index (κ3) is 3.70. The summed E-state index contributed by atoms with van der Waals surface area (Å²) >= 11 is 5.74. The number of nitro groups is 1. The van der Waals surface area contributed by atoms with Crippen molar-refractivity contribution in [1.82, 2.24) is 15.3 Å². The van der Waals surface area contributed by atoms with E-state index in [2.05, 4.69) is 15.3 Å². The van der Waals surface area contributed by atoms with E-state index in [0.717, 1.165) is 11.3 Å². The van der Waals surface area contributed by atoms with Crippen molar-refractivity contribution < 1.29 is 4.92 Å². The zero-order valence-electron chi connectivity index (χ0n) is 9.91. The first kappa shape index (κ1) is 13.4. The predicted molar refractivity (Wildman–Crippen MR) is 70.7 cm³/mol. The Balaban J connectivity index is 1.97. The maximum atomic E-state index is 10.8. The Morgan fingerprint density at radius 3 is 2.84 bits per heavy atom. The number of rotatable bonds is 5. The Morgan fingerprint density at radius 2 is 2.16 bits per heavy atom. The molecule has 7 heteroatoms. The van der Waals surface area contributed by atoms with Gasteiger partial charge in [-0.2, -0.15) is 0 Å². The van der Waals surface area contributed by atoms with Gasteiger partial charge in [0, 0.05) is 25.4 Å². The normalized spacial score (nSPS) is 10.4. The van der Waals surface area contributed by atoms with Gasteiger partial charge >= 0.3 is 0 Å². The molecule has 0 aliphatic heterocycles. The fourth-order valence-electron chi connectivity index (χ4n) is 1.57. The maximum absolute atomic E-state index is 10.8. The Bertz CT molecular complexity index is 577. The Hall–Kier alpha value is -2.05. The van der Waals surface area contributed by atoms with Crippen LogP contribution in [0.1, 0.15) is 11.3 Å². The molecule has 1 heterocycles. The van der Waals surface area contributed by atoms with Gasteiger partial charge in [0.1, 0.15) is 11.3 Å². The van der Waals surface area contributed by atoms with Crippen LogP contribution in [0.2, 0.25) is 5.02 Å². The van der Waals surface area contributed by atoms with Crippen LogP contribution >= 0.6 is 11.6 Å². The van der Waals surface area contributed by atoms with Gasteiger partial charge in [0.05, 0.1) is 10.6 Å². The van der Waals surface area contributed by atoms with E-state index < -0.39 is 4.92 Å². The summed E-state index contributed by atoms with van der Waals surface area (Å²) in [5.74, 6) is 0. The minimum absolute atomic E-state index is 0.0806. The lowest BCUT2D eigenvalue weighted by atomic mass is 10.2. The van der Waals surface area contributed by atoms with Gasteiger partial charge in [0.15, 0.2) is 0 Å². The van der Waals surface area contributed by atoms with Crippen molar-refractivity contribution in [3.63, 3.8) is 0 Å². The van der Waals surface area contributed by atoms with Crippen LogP contribution in [0.4, 0.5) is 5.69 Å². The van der Waals surface area contributed by atoms with Crippen molar-refractivity contribution in [2.24, 2.45) is 0 Å². The summed E-state index contributed by atoms with van der Waals surface area (Å²) in [5.41, 5.74) is 1.58. The zero-order valence-corrected chi connectivity index (χ0v) is 10.7. The summed E-state index contributed by atoms with van der Waals surface area (Å²) in [5, 5.41) is 14.0. The molecular formula is C12H11ClN4O2. The van der Waals surface area contributed by atoms with E-state index >= 15 is 0 Å². The molecule has 0 saturated carbocycles. The van der Waals surface area contributed by atoms with Crippen LogP contribution in [-0.4, -0.2) is 14.9 Å². The van der Waals surface area contributed by atoms with Crippen LogP contribution in [0.5, 0.6) is 0 Å². The van der Waals surface area contributed by atoms with E-state index in [-0.39, 0.29) is 10.7 Å². The zero-order chi connectivity index (χ0) is 13.7. The highest BCUT2D eigenvalue weighted by atomic mass is 35.5. The van der Waals surface area contributed by atoms with Crippen molar-refractivity contribution in [2.45, 2.75) is 13.1 Å². The van der Waals surface area contributed by atoms with Crippen LogP contribution in [0.3, 0.4) is 0 Å². The van der Waals surface area contributed by atoms with Crippen molar-refractivity contribution in [3.8, 4) is 0 Å². The number of benzene rings is 1. The lowest BCUT2D eigenvalue weighted by Crippen LogP contribution is -2.13. The number of hydrogen-bond donors (Lipinski definition) is 1. The SMILES string of the molecule is O=[N+]([O-])c1cc(CNCc2ccncn2)ccc1Cl. The summed E-state index contributed by atoms with van der Waals surface area (Å²) in [4.78, 5) is 18.2. The van der Waals surface area contributed by atoms with Gasteiger partial charge in [-0.3, -0.25) is 10.1 Å². The first-order valence-corrected chi connectivity index (χ1v) is 5.93. The molecule has 98 valence electrons. The molecule has 0 bridgehead atoms. The molecule has 0 saturated heterocycles. The summed E-state index contributed by atoms with van der Waals surface area (Å²) in [6.07, 6.45) is 3.14. The molecule has 0 fully saturated rings. The standard InChI is InChI=1S/C12H11ClN4O2/c13-11-2-1-9(5-12(11)17(18)19)6-15-7-10-3-4-14-8-16-10/h1-5,8,15H,6-7H2. The lowest BCUT2D eigenvalue weighted by molar-refractivity contribution is -0.384. The largest absolute Gasteiger partial charge is 0.307 e. The summed E-state index contributed by atoms with van der Waals surface area (Å²) in [7, 11) is 0. The molecule has 0 radical (unpaired) electrons. The van der Waals surface area contributed by atoms with Crippen LogP contribution in [0, 0.1) is 10.1 Å². The number of halogens is 1. The summed E-state index contributed by atoms with van der Waals surface area (Å²) in [6, 6.07) is 6.55. The highest BCUT2D eigenvalue weighted by molar-refractivity contribution is 6.32. The highest BCUT2D eigenvalue weighted by Crippen LogP contribution is 2.24. The quantitative estimate of drug-likeness (QED) is 0.670. The Labute approximate surface area is 114 Å². The monoisotopic (exact) mass is 278 g/mol. The molecule has 0 aliphatic rings. The molecule has 0 unspecified atom stereocenters. The molecule has 1 N–H and O–H groups in total. The number of hydrogen-bond acceptors (Lipinski definition) is 5. The predicted octanol–water partition coefficient (Wildman–Crippen LogP) is 2.33. The first-order valence-electron chi connectivity index (χ1n) is 5.55. The van der Waals surface area contributed by atoms with E-state index in [0.29, 0.717) is 13.1 Å². The average Bonchev–Trinajstić information content (AvgIpc) is 2.41. The van der Waals surface area contributed by atoms with Crippen molar-refractivity contribution in [3.05, 3.63) is 63.2 Å². The molecule has 2 aromatic rings. The number of nitro benzene ring substituents is 1. The summed E-state index contributed by atoms with van der Waals surface area (Å²) in [6.45, 7) is 1.07. The minimum Gasteiger partial charge on any atom is -0.307 e. The Kier molecular flexibility index (Phi) is 4.38. The molecule has 0 atom stereocenters. The van der Waals surface area contributed by atoms with E-state index in [1.165, 1.54) is 18.5 Å². The third-order valence-electron chi connectivity index (χ3n) is 2.49. The van der Waals surface area contributed by atoms with Crippen LogP contribution in [0.15, 0.2) is 36.8 Å². The average molecular weight is 279 g/mol. The third-order valence-corrected chi connectivity index (χ3v) is 2.81. The van der Waals surface area contributed by atoms with Gasteiger partial charge < -0.3 is 5.32 Å².